The molecule has 0 amide bonds. The first-order valence-corrected chi connectivity index (χ1v) is 6.02. The quantitative estimate of drug-likeness (QED) is 0.865. The van der Waals surface area contributed by atoms with Crippen LogP contribution in [0.3, 0.4) is 0 Å². The second-order valence-electron chi connectivity index (χ2n) is 3.98. The van der Waals surface area contributed by atoms with E-state index in [-0.39, 0.29) is 0 Å². The van der Waals surface area contributed by atoms with E-state index in [1.54, 1.807) is 0 Å². The lowest BCUT2D eigenvalue weighted by Crippen LogP contribution is -2.21. The maximum absolute atomic E-state index is 11.4. The molecule has 0 saturated heterocycles. The van der Waals surface area contributed by atoms with Gasteiger partial charge in [0.15, 0.2) is 0 Å². The Morgan fingerprint density at radius 3 is 2.53 bits per heavy atom. The van der Waals surface area contributed by atoms with Crippen molar-refractivity contribution in [1.29, 1.82) is 0 Å². The highest BCUT2D eigenvalue weighted by molar-refractivity contribution is 9.10. The van der Waals surface area contributed by atoms with Gasteiger partial charge in [0.05, 0.1) is 5.69 Å². The summed E-state index contributed by atoms with van der Waals surface area (Å²) >= 11 is 3.36. The molecule has 0 atom stereocenters. The third-order valence-electron chi connectivity index (χ3n) is 2.52. The number of hydrogen-bond donors (Lipinski definition) is 1. The number of halogens is 1. The Hall–Kier alpha value is -1.55. The fourth-order valence-electron chi connectivity index (χ4n) is 1.70. The second kappa shape index (κ2) is 4.75. The van der Waals surface area contributed by atoms with Crippen LogP contribution in [0.1, 0.15) is 16.8 Å². The van der Waals surface area contributed by atoms with Crippen LogP contribution >= 0.6 is 15.9 Å². The van der Waals surface area contributed by atoms with Gasteiger partial charge < -0.3 is 5.21 Å². The minimum atomic E-state index is -0.392. The van der Waals surface area contributed by atoms with Crippen molar-refractivity contribution in [3.8, 4) is 0 Å². The molecule has 0 aliphatic rings. The van der Waals surface area contributed by atoms with Crippen LogP contribution in [0.5, 0.6) is 0 Å². The zero-order chi connectivity index (χ0) is 12.4. The van der Waals surface area contributed by atoms with E-state index in [1.807, 2.05) is 37.3 Å². The number of aromatic nitrogens is 1. The van der Waals surface area contributed by atoms with Gasteiger partial charge in [0, 0.05) is 17.0 Å². The van der Waals surface area contributed by atoms with Crippen molar-refractivity contribution in [3.63, 3.8) is 0 Å². The molecule has 88 valence electrons. The number of nitrogens with zero attached hydrogens (tertiary/aromatic N) is 1. The third-order valence-corrected chi connectivity index (χ3v) is 3.05. The summed E-state index contributed by atoms with van der Waals surface area (Å²) in [5.41, 5.74) is 2.10. The average molecular weight is 294 g/mol. The molecule has 0 bridgehead atoms. The highest BCUT2D eigenvalue weighted by Gasteiger charge is 2.05. The van der Waals surface area contributed by atoms with Crippen molar-refractivity contribution in [2.75, 3.05) is 0 Å². The number of aryl methyl sites for hydroxylation is 1. The zero-order valence-corrected chi connectivity index (χ0v) is 10.9. The Morgan fingerprint density at radius 2 is 1.88 bits per heavy atom. The summed E-state index contributed by atoms with van der Waals surface area (Å²) in [4.78, 5) is 11.4. The molecule has 3 nitrogen and oxygen atoms in total. The SMILES string of the molecule is Cc1cc(Cc2ccc(Br)cc2)n(O)c(=O)c1. The topological polar surface area (TPSA) is 42.2 Å². The summed E-state index contributed by atoms with van der Waals surface area (Å²) in [6.07, 6.45) is 0.528. The molecule has 0 unspecified atom stereocenters. The molecule has 0 spiro atoms. The van der Waals surface area contributed by atoms with Gasteiger partial charge in [-0.05, 0) is 36.2 Å². The molecule has 2 rings (SSSR count). The molecule has 17 heavy (non-hydrogen) atoms. The van der Waals surface area contributed by atoms with E-state index in [0.717, 1.165) is 15.6 Å². The molecule has 0 aliphatic carbocycles. The van der Waals surface area contributed by atoms with E-state index in [0.29, 0.717) is 16.8 Å². The lowest BCUT2D eigenvalue weighted by atomic mass is 10.1. The monoisotopic (exact) mass is 293 g/mol. The van der Waals surface area contributed by atoms with Crippen molar-refractivity contribution >= 4 is 15.9 Å². The van der Waals surface area contributed by atoms with Crippen LogP contribution in [-0.4, -0.2) is 9.94 Å². The van der Waals surface area contributed by atoms with Crippen LogP contribution in [0.2, 0.25) is 0 Å². The molecule has 1 heterocycles. The van der Waals surface area contributed by atoms with Crippen LogP contribution in [0.25, 0.3) is 0 Å². The predicted molar refractivity (Wildman–Crippen MR) is 69.6 cm³/mol. The Balaban J connectivity index is 2.36. The van der Waals surface area contributed by atoms with Crippen molar-refractivity contribution < 1.29 is 5.21 Å². The molecule has 0 aliphatic heterocycles. The lowest BCUT2D eigenvalue weighted by Gasteiger charge is -2.07. The summed E-state index contributed by atoms with van der Waals surface area (Å²) in [6.45, 7) is 1.84. The Morgan fingerprint density at radius 1 is 1.24 bits per heavy atom. The van der Waals surface area contributed by atoms with E-state index < -0.39 is 5.56 Å². The molecule has 0 saturated carbocycles. The summed E-state index contributed by atoms with van der Waals surface area (Å²) in [5, 5.41) is 9.63. The highest BCUT2D eigenvalue weighted by Crippen LogP contribution is 2.13. The van der Waals surface area contributed by atoms with Gasteiger partial charge in [-0.25, -0.2) is 0 Å². The number of hydrogen-bond acceptors (Lipinski definition) is 2. The van der Waals surface area contributed by atoms with Crippen LogP contribution in [0.15, 0.2) is 45.7 Å². The van der Waals surface area contributed by atoms with Crippen LogP contribution in [0.4, 0.5) is 0 Å². The van der Waals surface area contributed by atoms with E-state index in [4.69, 9.17) is 0 Å². The molecule has 2 aromatic rings. The molecule has 0 radical (unpaired) electrons. The van der Waals surface area contributed by atoms with Gasteiger partial charge in [-0.15, -0.1) is 0 Å². The first kappa shape index (κ1) is 11.9. The zero-order valence-electron chi connectivity index (χ0n) is 9.35. The van der Waals surface area contributed by atoms with E-state index in [9.17, 15) is 10.0 Å². The molecule has 1 N–H and O–H groups in total. The van der Waals surface area contributed by atoms with Gasteiger partial charge in [0.1, 0.15) is 0 Å². The minimum absolute atomic E-state index is 0.392. The maximum Gasteiger partial charge on any atom is 0.283 e. The fourth-order valence-corrected chi connectivity index (χ4v) is 1.96. The third kappa shape index (κ3) is 2.77. The maximum atomic E-state index is 11.4. The summed E-state index contributed by atoms with van der Waals surface area (Å²) < 4.78 is 1.71. The van der Waals surface area contributed by atoms with Gasteiger partial charge in [0.25, 0.3) is 5.56 Å². The Labute approximate surface area is 107 Å². The second-order valence-corrected chi connectivity index (χ2v) is 4.89. The molecular formula is C13H12BrNO2. The van der Waals surface area contributed by atoms with Crippen LogP contribution in [0, 0.1) is 6.92 Å². The first-order chi connectivity index (χ1) is 8.06. The normalized spacial score (nSPS) is 10.5. The largest absolute Gasteiger partial charge is 0.425 e. The van der Waals surface area contributed by atoms with Crippen molar-refractivity contribution in [1.82, 2.24) is 4.73 Å². The van der Waals surface area contributed by atoms with Gasteiger partial charge in [0.2, 0.25) is 0 Å². The van der Waals surface area contributed by atoms with Crippen LogP contribution in [-0.2, 0) is 6.42 Å². The van der Waals surface area contributed by atoms with Gasteiger partial charge in [-0.3, -0.25) is 4.79 Å². The van der Waals surface area contributed by atoms with Gasteiger partial charge >= 0.3 is 0 Å². The van der Waals surface area contributed by atoms with Crippen molar-refractivity contribution in [3.05, 3.63) is 68.0 Å². The predicted octanol–water partition coefficient (Wildman–Crippen LogP) is 2.75. The average Bonchev–Trinajstić information content (AvgIpc) is 2.28. The minimum Gasteiger partial charge on any atom is -0.425 e. The standard InChI is InChI=1S/C13H12BrNO2/c1-9-6-12(15(17)13(16)7-9)8-10-2-4-11(14)5-3-10/h2-7,17H,8H2,1H3. The molecule has 1 aromatic heterocycles. The Bertz CT molecular complexity index is 587. The van der Waals surface area contributed by atoms with Gasteiger partial charge in [-0.2, -0.15) is 4.73 Å². The summed E-state index contributed by atoms with van der Waals surface area (Å²) in [5.74, 6) is 0. The summed E-state index contributed by atoms with van der Waals surface area (Å²) in [6, 6.07) is 11.0. The fraction of sp³-hybridized carbons (Fsp3) is 0.154. The Kier molecular flexibility index (Phi) is 3.33. The van der Waals surface area contributed by atoms with E-state index in [1.165, 1.54) is 6.07 Å². The van der Waals surface area contributed by atoms with Crippen LogP contribution < -0.4 is 5.56 Å². The lowest BCUT2D eigenvalue weighted by molar-refractivity contribution is 0.166. The van der Waals surface area contributed by atoms with Crippen molar-refractivity contribution in [2.24, 2.45) is 0 Å². The molecular weight excluding hydrogens is 282 g/mol. The van der Waals surface area contributed by atoms with Crippen molar-refractivity contribution in [2.45, 2.75) is 13.3 Å². The van der Waals surface area contributed by atoms with E-state index in [2.05, 4.69) is 15.9 Å². The molecule has 1 aromatic carbocycles. The summed E-state index contributed by atoms with van der Waals surface area (Å²) in [7, 11) is 0. The first-order valence-electron chi connectivity index (χ1n) is 5.22. The molecule has 4 heteroatoms. The van der Waals surface area contributed by atoms with E-state index >= 15 is 0 Å². The molecule has 0 fully saturated rings. The smallest absolute Gasteiger partial charge is 0.283 e. The number of rotatable bonds is 2. The van der Waals surface area contributed by atoms with Gasteiger partial charge in [-0.1, -0.05) is 28.1 Å². The number of benzene rings is 1. The highest BCUT2D eigenvalue weighted by atomic mass is 79.9. The number of pyridine rings is 1.